The van der Waals surface area contributed by atoms with Crippen molar-refractivity contribution in [1.82, 2.24) is 25.0 Å². The van der Waals surface area contributed by atoms with Crippen LogP contribution in [-0.4, -0.2) is 56.1 Å². The Balaban J connectivity index is 1.37. The Labute approximate surface area is 320 Å². The zero-order valence-electron chi connectivity index (χ0n) is 29.7. The fraction of sp³-hybridized carbons (Fsp3) is 0.368. The Morgan fingerprint density at radius 3 is 2.43 bits per heavy atom. The van der Waals surface area contributed by atoms with E-state index in [9.17, 15) is 40.3 Å². The van der Waals surface area contributed by atoms with Crippen LogP contribution in [0.4, 0.5) is 30.7 Å². The molecule has 0 radical (unpaired) electrons. The first-order valence-electron chi connectivity index (χ1n) is 17.1. The summed E-state index contributed by atoms with van der Waals surface area (Å²) in [5, 5.41) is 21.2. The minimum atomic E-state index is -5.06. The fourth-order valence-electron chi connectivity index (χ4n) is 7.41. The van der Waals surface area contributed by atoms with Crippen molar-refractivity contribution >= 4 is 38.1 Å². The first-order valence-corrected chi connectivity index (χ1v) is 19.6. The number of aromatic nitrogens is 5. The van der Waals surface area contributed by atoms with Gasteiger partial charge in [0, 0.05) is 52.7 Å². The second kappa shape index (κ2) is 13.7. The number of alkyl halides is 5. The van der Waals surface area contributed by atoms with Gasteiger partial charge in [0.05, 0.1) is 22.2 Å². The smallest absolute Gasteiger partial charge is 0.378 e. The van der Waals surface area contributed by atoms with Crippen LogP contribution in [0.1, 0.15) is 78.1 Å². The Kier molecular flexibility index (Phi) is 9.65. The van der Waals surface area contributed by atoms with Gasteiger partial charge in [-0.2, -0.15) is 32.1 Å². The first-order chi connectivity index (χ1) is 26.0. The highest BCUT2D eigenvalue weighted by Crippen LogP contribution is 2.68. The summed E-state index contributed by atoms with van der Waals surface area (Å²) < 4.78 is 127. The van der Waals surface area contributed by atoms with Gasteiger partial charge in [0.1, 0.15) is 40.7 Å². The molecule has 1 saturated carbocycles. The molecule has 18 heteroatoms. The lowest BCUT2D eigenvalue weighted by molar-refractivity contribution is -0.142. The lowest BCUT2D eigenvalue weighted by Crippen LogP contribution is -2.24. The number of aliphatic hydroxyl groups is 1. The molecule has 56 heavy (non-hydrogen) atoms. The summed E-state index contributed by atoms with van der Waals surface area (Å²) >= 11 is 6.53. The highest BCUT2D eigenvalue weighted by Gasteiger charge is 2.68. The molecule has 0 spiro atoms. The monoisotopic (exact) mass is 821 g/mol. The number of Topliss-reactive ketones (excluding diaryl/α,β-unsaturated/α-hetero) is 1. The summed E-state index contributed by atoms with van der Waals surface area (Å²) in [6.45, 7) is 1.87. The lowest BCUT2D eigenvalue weighted by atomic mass is 9.86. The van der Waals surface area contributed by atoms with Crippen molar-refractivity contribution in [3.63, 3.8) is 0 Å². The number of benzene rings is 2. The highest BCUT2D eigenvalue weighted by atomic mass is 35.5. The predicted molar refractivity (Wildman–Crippen MR) is 190 cm³/mol. The predicted octanol–water partition coefficient (Wildman–Crippen LogP) is 7.63. The molecular formula is C38H31ClF7N5O4S. The molecule has 2 N–H and O–H groups in total. The van der Waals surface area contributed by atoms with Crippen molar-refractivity contribution in [2.75, 3.05) is 6.26 Å². The van der Waals surface area contributed by atoms with E-state index in [-0.39, 0.29) is 57.0 Å². The second-order valence-corrected chi connectivity index (χ2v) is 17.3. The van der Waals surface area contributed by atoms with Crippen LogP contribution in [0, 0.1) is 29.4 Å². The number of halogens is 8. The SMILES string of the molecule is CC(C)(O)C#Cc1ccc(-c2ccc(Cl)c3c(CS(C)(=O)=O)[nH]nc23)c([C@@H](CC(=O)Cn2nc(C(F)(F)F)c3c2C(F)(F)[C@@H]2C[C@H]32)Cc2cc(F)cc(F)c2)n1. The maximum atomic E-state index is 15.4. The van der Waals surface area contributed by atoms with Crippen molar-refractivity contribution in [1.29, 1.82) is 0 Å². The van der Waals surface area contributed by atoms with E-state index in [2.05, 4.69) is 27.1 Å². The van der Waals surface area contributed by atoms with Crippen LogP contribution in [0.15, 0.2) is 42.5 Å². The van der Waals surface area contributed by atoms with Crippen molar-refractivity contribution in [3.8, 4) is 23.0 Å². The van der Waals surface area contributed by atoms with E-state index in [0.717, 1.165) is 18.4 Å². The van der Waals surface area contributed by atoms with Crippen LogP contribution in [0.2, 0.25) is 5.02 Å². The first kappa shape index (κ1) is 39.4. The van der Waals surface area contributed by atoms with Crippen molar-refractivity contribution in [2.45, 2.75) is 74.9 Å². The number of carbonyl (C=O) groups excluding carboxylic acids is 1. The molecule has 2 aliphatic carbocycles. The molecule has 3 heterocycles. The average molecular weight is 822 g/mol. The third-order valence-corrected chi connectivity index (χ3v) is 10.8. The van der Waals surface area contributed by atoms with Crippen molar-refractivity contribution in [3.05, 3.63) is 98.7 Å². The van der Waals surface area contributed by atoms with Gasteiger partial charge < -0.3 is 5.11 Å². The molecule has 5 aromatic rings. The number of nitrogens with one attached hydrogen (secondary N) is 1. The Bertz CT molecular complexity index is 2580. The molecular weight excluding hydrogens is 791 g/mol. The standard InChI is InChI=1S/C38H31ClF7N5O4S/c1-36(2,53)9-8-22-4-5-24(25-6-7-28(39)31-29(17-56(3,54)55)48-49-33(25)31)32(47-22)19(10-18-11-20(40)14-21(41)12-18)13-23(52)16-51-35-30(34(50-51)38(44,45)46)26-15-27(26)37(35,42)43/h4-7,11-12,14,19,26-27,53H,10,13,15-17H2,1-3H3,(H,48,49)/t19-,26+,27-/m1/s1. The van der Waals surface area contributed by atoms with Gasteiger partial charge in [-0.3, -0.25) is 14.6 Å². The molecule has 0 unspecified atom stereocenters. The molecule has 3 atom stereocenters. The van der Waals surface area contributed by atoms with Crippen molar-refractivity contribution < 1.29 is 49.1 Å². The van der Waals surface area contributed by atoms with Crippen LogP contribution in [-0.2, 0) is 45.4 Å². The maximum absolute atomic E-state index is 15.4. The number of hydrogen-bond donors (Lipinski definition) is 2. The number of carbonyl (C=O) groups is 1. The number of pyridine rings is 1. The van der Waals surface area contributed by atoms with Gasteiger partial charge >= 0.3 is 6.18 Å². The van der Waals surface area contributed by atoms with E-state index in [1.807, 2.05) is 0 Å². The zero-order chi connectivity index (χ0) is 40.7. The van der Waals surface area contributed by atoms with Crippen LogP contribution in [0.25, 0.3) is 22.0 Å². The van der Waals surface area contributed by atoms with Gasteiger partial charge in [-0.05, 0) is 74.4 Å². The van der Waals surface area contributed by atoms with Crippen LogP contribution in [0.3, 0.4) is 0 Å². The largest absolute Gasteiger partial charge is 0.435 e. The third kappa shape index (κ3) is 7.78. The van der Waals surface area contributed by atoms with Gasteiger partial charge in [0.2, 0.25) is 0 Å². The lowest BCUT2D eigenvalue weighted by Gasteiger charge is -2.21. The molecule has 2 aliphatic rings. The summed E-state index contributed by atoms with van der Waals surface area (Å²) in [6.07, 6.45) is -5.05. The molecule has 9 nitrogen and oxygen atoms in total. The second-order valence-electron chi connectivity index (χ2n) is 14.8. The summed E-state index contributed by atoms with van der Waals surface area (Å²) in [7, 11) is -3.57. The van der Waals surface area contributed by atoms with Crippen LogP contribution < -0.4 is 0 Å². The summed E-state index contributed by atoms with van der Waals surface area (Å²) in [5.41, 5.74) is -3.32. The number of aromatic amines is 1. The minimum absolute atomic E-state index is 0.0587. The van der Waals surface area contributed by atoms with E-state index in [1.54, 1.807) is 12.1 Å². The maximum Gasteiger partial charge on any atom is 0.435 e. The number of fused-ring (bicyclic) bond motifs is 4. The number of nitrogens with zero attached hydrogens (tertiary/aromatic N) is 4. The van der Waals surface area contributed by atoms with Gasteiger partial charge in [0.25, 0.3) is 5.92 Å². The topological polar surface area (TPSA) is 131 Å². The van der Waals surface area contributed by atoms with E-state index < -0.39 is 98.4 Å². The average Bonchev–Trinajstić information content (AvgIpc) is 3.53. The molecule has 0 saturated heterocycles. The Morgan fingerprint density at radius 1 is 1.11 bits per heavy atom. The molecule has 7 rings (SSSR count). The fourth-order valence-corrected chi connectivity index (χ4v) is 8.41. The number of hydrogen-bond acceptors (Lipinski definition) is 7. The van der Waals surface area contributed by atoms with Crippen LogP contribution in [0.5, 0.6) is 0 Å². The molecule has 3 aromatic heterocycles. The molecule has 0 aliphatic heterocycles. The molecule has 1 fully saturated rings. The van der Waals surface area contributed by atoms with E-state index in [4.69, 9.17) is 16.6 Å². The highest BCUT2D eigenvalue weighted by molar-refractivity contribution is 7.89. The van der Waals surface area contributed by atoms with Gasteiger partial charge in [-0.25, -0.2) is 22.2 Å². The molecule has 0 amide bonds. The summed E-state index contributed by atoms with van der Waals surface area (Å²) in [5.74, 6) is -4.96. The van der Waals surface area contributed by atoms with Gasteiger partial charge in [-0.15, -0.1) is 0 Å². The van der Waals surface area contributed by atoms with E-state index >= 15 is 8.78 Å². The quantitative estimate of drug-likeness (QED) is 0.109. The van der Waals surface area contributed by atoms with Gasteiger partial charge in [0.15, 0.2) is 21.3 Å². The molecule has 0 bridgehead atoms. The Hall–Kier alpha value is -4.79. The van der Waals surface area contributed by atoms with Crippen LogP contribution >= 0.6 is 11.6 Å². The number of ketones is 1. The van der Waals surface area contributed by atoms with Gasteiger partial charge in [-0.1, -0.05) is 23.6 Å². The third-order valence-electron chi connectivity index (χ3n) is 9.64. The minimum Gasteiger partial charge on any atom is -0.378 e. The van der Waals surface area contributed by atoms with Crippen molar-refractivity contribution in [2.24, 2.45) is 5.92 Å². The van der Waals surface area contributed by atoms with E-state index in [1.165, 1.54) is 26.0 Å². The zero-order valence-corrected chi connectivity index (χ0v) is 31.3. The van der Waals surface area contributed by atoms with E-state index in [0.29, 0.717) is 16.3 Å². The molecule has 2 aromatic carbocycles. The normalized spacial score (nSPS) is 18.0. The summed E-state index contributed by atoms with van der Waals surface area (Å²) in [4.78, 5) is 18.7. The number of sulfone groups is 1. The summed E-state index contributed by atoms with van der Waals surface area (Å²) in [6, 6.07) is 8.75. The number of H-pyrrole nitrogens is 1. The number of rotatable bonds is 10. The molecule has 294 valence electrons. The Morgan fingerprint density at radius 2 is 1.79 bits per heavy atom.